The molecule has 0 saturated heterocycles. The predicted molar refractivity (Wildman–Crippen MR) is 86.3 cm³/mol. The number of para-hydroxylation sites is 1. The van der Waals surface area contributed by atoms with E-state index in [9.17, 15) is 21.6 Å². The fourth-order valence-corrected chi connectivity index (χ4v) is 3.34. The van der Waals surface area contributed by atoms with E-state index in [-0.39, 0.29) is 21.4 Å². The van der Waals surface area contributed by atoms with Crippen LogP contribution < -0.4 is 5.32 Å². The van der Waals surface area contributed by atoms with Crippen LogP contribution >= 0.6 is 11.6 Å². The molecule has 2 rings (SSSR count). The Kier molecular flexibility index (Phi) is 5.10. The number of nitrogens with one attached hydrogen (secondary N) is 1. The Hall–Kier alpha value is -1.80. The molecule has 0 saturated carbocycles. The van der Waals surface area contributed by atoms with Gasteiger partial charge in [-0.2, -0.15) is 13.2 Å². The van der Waals surface area contributed by atoms with Crippen LogP contribution in [-0.4, -0.2) is 18.7 Å². The maximum absolute atomic E-state index is 13.1. The van der Waals surface area contributed by atoms with Gasteiger partial charge in [-0.3, -0.25) is 0 Å². The number of aromatic nitrogens is 1. The van der Waals surface area contributed by atoms with E-state index in [4.69, 9.17) is 11.6 Å². The molecule has 24 heavy (non-hydrogen) atoms. The molecule has 130 valence electrons. The molecule has 0 spiro atoms. The average molecular weight is 379 g/mol. The zero-order chi connectivity index (χ0) is 18.1. The minimum Gasteiger partial charge on any atom is -0.354 e. The average Bonchev–Trinajstić information content (AvgIpc) is 2.46. The van der Waals surface area contributed by atoms with Crippen molar-refractivity contribution in [3.05, 3.63) is 47.2 Å². The number of halogens is 4. The summed E-state index contributed by atoms with van der Waals surface area (Å²) in [6, 6.07) is 6.77. The Bertz CT molecular complexity index is 852. The van der Waals surface area contributed by atoms with Crippen LogP contribution in [0.5, 0.6) is 0 Å². The van der Waals surface area contributed by atoms with Gasteiger partial charge in [0.2, 0.25) is 0 Å². The molecule has 0 unspecified atom stereocenters. The number of sulfone groups is 1. The molecule has 0 radical (unpaired) electrons. The summed E-state index contributed by atoms with van der Waals surface area (Å²) in [5.41, 5.74) is -1.36. The van der Waals surface area contributed by atoms with Crippen molar-refractivity contribution in [2.45, 2.75) is 30.2 Å². The highest BCUT2D eigenvalue weighted by atomic mass is 35.5. The van der Waals surface area contributed by atoms with Gasteiger partial charge in [-0.1, -0.05) is 23.7 Å². The fraction of sp³-hybridized carbons (Fsp3) is 0.267. The van der Waals surface area contributed by atoms with Crippen LogP contribution in [-0.2, 0) is 16.0 Å². The molecule has 0 bridgehead atoms. The van der Waals surface area contributed by atoms with E-state index in [1.54, 1.807) is 0 Å². The second-order valence-corrected chi connectivity index (χ2v) is 8.13. The van der Waals surface area contributed by atoms with Gasteiger partial charge in [0.1, 0.15) is 5.15 Å². The molecule has 1 aromatic carbocycles. The lowest BCUT2D eigenvalue weighted by Gasteiger charge is -2.17. The summed E-state index contributed by atoms with van der Waals surface area (Å²) >= 11 is 5.68. The van der Waals surface area contributed by atoms with Gasteiger partial charge < -0.3 is 5.32 Å². The van der Waals surface area contributed by atoms with E-state index < -0.39 is 26.8 Å². The van der Waals surface area contributed by atoms with Crippen molar-refractivity contribution in [1.29, 1.82) is 0 Å². The first-order valence-corrected chi connectivity index (χ1v) is 8.78. The second-order valence-electron chi connectivity index (χ2n) is 5.27. The van der Waals surface area contributed by atoms with Gasteiger partial charge in [0.05, 0.1) is 27.1 Å². The van der Waals surface area contributed by atoms with Crippen molar-refractivity contribution in [3.8, 4) is 0 Å². The van der Waals surface area contributed by atoms with Crippen LogP contribution in [0.4, 0.5) is 24.5 Å². The highest BCUT2D eigenvalue weighted by molar-refractivity contribution is 7.92. The number of nitrogens with zero attached hydrogens (tertiary/aromatic N) is 1. The number of anilines is 2. The van der Waals surface area contributed by atoms with Crippen LogP contribution in [0.25, 0.3) is 0 Å². The molecule has 0 amide bonds. The zero-order valence-electron chi connectivity index (χ0n) is 12.7. The third-order valence-electron chi connectivity index (χ3n) is 3.26. The Morgan fingerprint density at radius 1 is 1.17 bits per heavy atom. The molecular formula is C15H14ClF3N2O2S. The first kappa shape index (κ1) is 18.5. The number of pyridine rings is 1. The number of rotatable bonds is 4. The molecule has 9 heteroatoms. The van der Waals surface area contributed by atoms with E-state index in [0.29, 0.717) is 6.20 Å². The van der Waals surface area contributed by atoms with Crippen LogP contribution in [0.2, 0.25) is 5.15 Å². The molecule has 1 heterocycles. The smallest absolute Gasteiger partial charge is 0.354 e. The summed E-state index contributed by atoms with van der Waals surface area (Å²) < 4.78 is 64.1. The highest BCUT2D eigenvalue weighted by Gasteiger charge is 2.34. The molecule has 1 aromatic heterocycles. The van der Waals surface area contributed by atoms with Gasteiger partial charge in [0.25, 0.3) is 0 Å². The molecule has 2 aromatic rings. The third-order valence-corrected chi connectivity index (χ3v) is 5.68. The van der Waals surface area contributed by atoms with Crippen LogP contribution in [0.3, 0.4) is 0 Å². The van der Waals surface area contributed by atoms with Gasteiger partial charge in [-0.25, -0.2) is 13.4 Å². The van der Waals surface area contributed by atoms with E-state index in [1.165, 1.54) is 38.1 Å². The minimum absolute atomic E-state index is 0.0407. The fourth-order valence-electron chi connectivity index (χ4n) is 1.98. The molecule has 0 aliphatic carbocycles. The van der Waals surface area contributed by atoms with Crippen molar-refractivity contribution in [1.82, 2.24) is 4.98 Å². The summed E-state index contributed by atoms with van der Waals surface area (Å²) in [6.07, 6.45) is -4.06. The Balaban J connectivity index is 2.57. The lowest BCUT2D eigenvalue weighted by molar-refractivity contribution is -0.137. The Labute approximate surface area is 142 Å². The third kappa shape index (κ3) is 3.81. The first-order chi connectivity index (χ1) is 11.0. The zero-order valence-corrected chi connectivity index (χ0v) is 14.3. The quantitative estimate of drug-likeness (QED) is 0.785. The van der Waals surface area contributed by atoms with E-state index in [0.717, 1.165) is 6.07 Å². The van der Waals surface area contributed by atoms with Gasteiger partial charge >= 0.3 is 6.18 Å². The highest BCUT2D eigenvalue weighted by Crippen LogP contribution is 2.37. The molecular weight excluding hydrogens is 365 g/mol. The lowest BCUT2D eigenvalue weighted by atomic mass is 10.2. The summed E-state index contributed by atoms with van der Waals surface area (Å²) in [4.78, 5) is 3.35. The summed E-state index contributed by atoms with van der Waals surface area (Å²) in [7, 11) is -3.68. The molecule has 0 aliphatic rings. The van der Waals surface area contributed by atoms with Gasteiger partial charge in [0.15, 0.2) is 9.84 Å². The van der Waals surface area contributed by atoms with Crippen molar-refractivity contribution in [2.24, 2.45) is 0 Å². The monoisotopic (exact) mass is 378 g/mol. The molecule has 4 nitrogen and oxygen atoms in total. The number of alkyl halides is 3. The van der Waals surface area contributed by atoms with E-state index in [1.807, 2.05) is 0 Å². The topological polar surface area (TPSA) is 59.1 Å². The summed E-state index contributed by atoms with van der Waals surface area (Å²) in [5, 5.41) is 1.66. The maximum atomic E-state index is 13.1. The van der Waals surface area contributed by atoms with Crippen molar-refractivity contribution in [3.63, 3.8) is 0 Å². The predicted octanol–water partition coefficient (Wildman–Crippen LogP) is 4.68. The van der Waals surface area contributed by atoms with Gasteiger partial charge in [-0.15, -0.1) is 0 Å². The van der Waals surface area contributed by atoms with Crippen molar-refractivity contribution < 1.29 is 21.6 Å². The molecule has 0 atom stereocenters. The second kappa shape index (κ2) is 6.60. The van der Waals surface area contributed by atoms with E-state index in [2.05, 4.69) is 10.3 Å². The molecule has 1 N–H and O–H groups in total. The maximum Gasteiger partial charge on any atom is 0.419 e. The number of benzene rings is 1. The van der Waals surface area contributed by atoms with Crippen molar-refractivity contribution >= 4 is 32.8 Å². The van der Waals surface area contributed by atoms with Crippen LogP contribution in [0.1, 0.15) is 19.4 Å². The number of hydrogen-bond donors (Lipinski definition) is 1. The summed E-state index contributed by atoms with van der Waals surface area (Å²) in [5.74, 6) is 0. The van der Waals surface area contributed by atoms with Gasteiger partial charge in [0, 0.05) is 6.20 Å². The van der Waals surface area contributed by atoms with Crippen molar-refractivity contribution in [2.75, 3.05) is 5.32 Å². The van der Waals surface area contributed by atoms with Crippen LogP contribution in [0, 0.1) is 0 Å². The Morgan fingerprint density at radius 2 is 1.79 bits per heavy atom. The standard InChI is InChI=1S/C15H14ClF3N2O2S/c1-9(2)24(22,23)13-6-4-3-5-11(13)21-12-7-14(16)20-8-10(12)15(17,18)19/h3-9H,1-2H3,(H,20,21). The van der Waals surface area contributed by atoms with Crippen LogP contribution in [0.15, 0.2) is 41.4 Å². The molecule has 0 aliphatic heterocycles. The first-order valence-electron chi connectivity index (χ1n) is 6.86. The largest absolute Gasteiger partial charge is 0.419 e. The molecule has 0 fully saturated rings. The Morgan fingerprint density at radius 3 is 2.38 bits per heavy atom. The summed E-state index contributed by atoms with van der Waals surface area (Å²) in [6.45, 7) is 2.99. The van der Waals surface area contributed by atoms with E-state index >= 15 is 0 Å². The minimum atomic E-state index is -4.66. The normalized spacial score (nSPS) is 12.5. The number of hydrogen-bond acceptors (Lipinski definition) is 4. The lowest BCUT2D eigenvalue weighted by Crippen LogP contribution is -2.16. The van der Waals surface area contributed by atoms with Gasteiger partial charge in [-0.05, 0) is 32.0 Å². The SMILES string of the molecule is CC(C)S(=O)(=O)c1ccccc1Nc1cc(Cl)ncc1C(F)(F)F.